The number of carbonyl (C=O) groups is 3. The van der Waals surface area contributed by atoms with Gasteiger partial charge in [-0.25, -0.2) is 0 Å². The molecule has 1 fully saturated rings. The first-order chi connectivity index (χ1) is 16.4. The van der Waals surface area contributed by atoms with Crippen molar-refractivity contribution in [3.8, 4) is 0 Å². The average molecular weight is 499 g/mol. The van der Waals surface area contributed by atoms with Crippen molar-refractivity contribution in [2.24, 2.45) is 0 Å². The smallest absolute Gasteiger partial charge is 0.303 e. The maximum Gasteiger partial charge on any atom is 0.303 e. The van der Waals surface area contributed by atoms with Gasteiger partial charge in [-0.15, -0.1) is 11.3 Å². The molecular formula is C26H27ClN2O4S. The lowest BCUT2D eigenvalue weighted by Crippen LogP contribution is -2.67. The Morgan fingerprint density at radius 2 is 1.88 bits per heavy atom. The van der Waals surface area contributed by atoms with Gasteiger partial charge in [0.2, 0.25) is 5.91 Å². The van der Waals surface area contributed by atoms with Crippen LogP contribution < -0.4 is 5.32 Å². The Kier molecular flexibility index (Phi) is 7.66. The monoisotopic (exact) mass is 498 g/mol. The fourth-order valence-electron chi connectivity index (χ4n) is 4.44. The third-order valence-corrected chi connectivity index (χ3v) is 7.42. The molecule has 3 aromatic rings. The summed E-state index contributed by atoms with van der Waals surface area (Å²) in [5, 5.41) is 16.0. The zero-order valence-electron chi connectivity index (χ0n) is 18.8. The number of nitrogens with zero attached hydrogens (tertiary/aromatic N) is 1. The fourth-order valence-corrected chi connectivity index (χ4v) is 5.40. The van der Waals surface area contributed by atoms with Crippen LogP contribution in [0.1, 0.15) is 36.8 Å². The second kappa shape index (κ2) is 10.7. The van der Waals surface area contributed by atoms with Crippen molar-refractivity contribution < 1.29 is 19.5 Å². The van der Waals surface area contributed by atoms with Gasteiger partial charge in [-0.3, -0.25) is 14.4 Å². The first-order valence-corrected chi connectivity index (χ1v) is 12.6. The van der Waals surface area contributed by atoms with Gasteiger partial charge in [-0.05, 0) is 65.5 Å². The minimum absolute atomic E-state index is 0.0104. The number of carbonyl (C=O) groups excluding carboxylic acids is 2. The van der Waals surface area contributed by atoms with E-state index in [4.69, 9.17) is 16.7 Å². The Balaban J connectivity index is 1.49. The van der Waals surface area contributed by atoms with Crippen molar-refractivity contribution >= 4 is 50.7 Å². The van der Waals surface area contributed by atoms with Crippen molar-refractivity contribution in [1.82, 2.24) is 10.2 Å². The number of thiophene rings is 1. The van der Waals surface area contributed by atoms with E-state index in [1.54, 1.807) is 28.4 Å². The van der Waals surface area contributed by atoms with Crippen LogP contribution in [0.5, 0.6) is 0 Å². The normalized spacial score (nSPS) is 17.3. The Hall–Kier alpha value is -2.74. The summed E-state index contributed by atoms with van der Waals surface area (Å²) in [6.45, 7) is 1.31. The third-order valence-electron chi connectivity index (χ3n) is 6.29. The number of hydrogen-bond acceptors (Lipinski definition) is 5. The molecule has 1 aliphatic heterocycles. The highest BCUT2D eigenvalue weighted by Gasteiger charge is 2.47. The van der Waals surface area contributed by atoms with E-state index in [0.29, 0.717) is 37.5 Å². The molecule has 1 amide bonds. The van der Waals surface area contributed by atoms with Crippen molar-refractivity contribution in [1.29, 1.82) is 0 Å². The number of nitrogens with one attached hydrogen (secondary N) is 1. The number of carboxylic acid groups (broad SMARTS) is 1. The van der Waals surface area contributed by atoms with Gasteiger partial charge in [0, 0.05) is 42.1 Å². The van der Waals surface area contributed by atoms with Gasteiger partial charge in [-0.2, -0.15) is 0 Å². The van der Waals surface area contributed by atoms with Crippen molar-refractivity contribution in [3.63, 3.8) is 0 Å². The lowest BCUT2D eigenvalue weighted by Gasteiger charge is -2.44. The van der Waals surface area contributed by atoms with Crippen LogP contribution in [0, 0.1) is 0 Å². The molecule has 1 atom stereocenters. The zero-order valence-corrected chi connectivity index (χ0v) is 20.3. The summed E-state index contributed by atoms with van der Waals surface area (Å²) in [6.07, 6.45) is 1.30. The standard InChI is InChI=1S/C26H27ClN2O4S/c27-20-8-6-18(7-9-20)17-29(13-2-5-24(31)32)25(33)26(11-12-28-26)16-21(30)15-19-3-1-4-23-22(19)10-14-34-23/h1,3-4,6-10,14,28H,2,5,11-13,15-17H2,(H,31,32). The van der Waals surface area contributed by atoms with Crippen LogP contribution >= 0.6 is 22.9 Å². The van der Waals surface area contributed by atoms with Crippen molar-refractivity contribution in [2.75, 3.05) is 13.1 Å². The SMILES string of the molecule is O=C(O)CCCN(Cc1ccc(Cl)cc1)C(=O)C1(CC(=O)Cc2cccc3sccc23)CCN1. The predicted octanol–water partition coefficient (Wildman–Crippen LogP) is 4.68. The van der Waals surface area contributed by atoms with Gasteiger partial charge in [0.15, 0.2) is 0 Å². The number of hydrogen-bond donors (Lipinski definition) is 2. The molecule has 0 saturated carbocycles. The molecule has 6 nitrogen and oxygen atoms in total. The Morgan fingerprint density at radius 1 is 1.12 bits per heavy atom. The van der Waals surface area contributed by atoms with E-state index in [2.05, 4.69) is 5.32 Å². The predicted molar refractivity (Wildman–Crippen MR) is 134 cm³/mol. The van der Waals surface area contributed by atoms with Gasteiger partial charge in [-0.1, -0.05) is 35.9 Å². The number of aliphatic carboxylic acids is 1. The molecule has 1 unspecified atom stereocenters. The van der Waals surface area contributed by atoms with Crippen LogP contribution in [0.2, 0.25) is 5.02 Å². The van der Waals surface area contributed by atoms with Crippen molar-refractivity contribution in [2.45, 2.75) is 44.2 Å². The second-order valence-electron chi connectivity index (χ2n) is 8.75. The van der Waals surface area contributed by atoms with E-state index in [0.717, 1.165) is 21.2 Å². The molecule has 4 rings (SSSR count). The van der Waals surface area contributed by atoms with Gasteiger partial charge in [0.1, 0.15) is 11.3 Å². The molecule has 0 radical (unpaired) electrons. The molecule has 1 aliphatic rings. The molecule has 2 heterocycles. The third kappa shape index (κ3) is 5.66. The molecular weight excluding hydrogens is 472 g/mol. The number of ketones is 1. The highest BCUT2D eigenvalue weighted by Crippen LogP contribution is 2.30. The van der Waals surface area contributed by atoms with Gasteiger partial charge < -0.3 is 15.3 Å². The van der Waals surface area contributed by atoms with Crippen LogP contribution in [0.15, 0.2) is 53.9 Å². The number of fused-ring (bicyclic) bond motifs is 1. The number of rotatable bonds is 11. The highest BCUT2D eigenvalue weighted by molar-refractivity contribution is 7.17. The van der Waals surface area contributed by atoms with E-state index < -0.39 is 11.5 Å². The largest absolute Gasteiger partial charge is 0.481 e. The molecule has 8 heteroatoms. The minimum atomic E-state index is -0.935. The van der Waals surface area contributed by atoms with E-state index in [1.807, 2.05) is 41.8 Å². The summed E-state index contributed by atoms with van der Waals surface area (Å²) >= 11 is 7.64. The number of Topliss-reactive ketones (excluding diaryl/α,β-unsaturated/α-hetero) is 1. The molecule has 34 heavy (non-hydrogen) atoms. The fraction of sp³-hybridized carbons (Fsp3) is 0.346. The van der Waals surface area contributed by atoms with E-state index in [-0.39, 0.29) is 31.0 Å². The summed E-state index contributed by atoms with van der Waals surface area (Å²) in [7, 11) is 0. The summed E-state index contributed by atoms with van der Waals surface area (Å²) in [4.78, 5) is 39.5. The Labute approximate surface area is 207 Å². The molecule has 1 saturated heterocycles. The maximum atomic E-state index is 13.7. The minimum Gasteiger partial charge on any atom is -0.481 e. The molecule has 0 bridgehead atoms. The quantitative estimate of drug-likeness (QED) is 0.401. The molecule has 0 aliphatic carbocycles. The number of amides is 1. The van der Waals surface area contributed by atoms with Crippen LogP contribution in [-0.4, -0.2) is 46.3 Å². The summed E-state index contributed by atoms with van der Waals surface area (Å²) in [5.41, 5.74) is 0.943. The Morgan fingerprint density at radius 3 is 2.56 bits per heavy atom. The van der Waals surface area contributed by atoms with Gasteiger partial charge in [0.05, 0.1) is 0 Å². The van der Waals surface area contributed by atoms with Crippen LogP contribution in [0.3, 0.4) is 0 Å². The van der Waals surface area contributed by atoms with Crippen LogP contribution in [0.25, 0.3) is 10.1 Å². The van der Waals surface area contributed by atoms with Crippen molar-refractivity contribution in [3.05, 3.63) is 70.1 Å². The lowest BCUT2D eigenvalue weighted by molar-refractivity contribution is -0.146. The number of carboxylic acids is 1. The average Bonchev–Trinajstić information content (AvgIpc) is 3.26. The molecule has 2 aromatic carbocycles. The maximum absolute atomic E-state index is 13.7. The second-order valence-corrected chi connectivity index (χ2v) is 10.1. The summed E-state index contributed by atoms with van der Waals surface area (Å²) < 4.78 is 1.14. The molecule has 2 N–H and O–H groups in total. The first kappa shape index (κ1) is 24.4. The zero-order chi connectivity index (χ0) is 24.1. The first-order valence-electron chi connectivity index (χ1n) is 11.3. The summed E-state index contributed by atoms with van der Waals surface area (Å²) in [6, 6.07) is 15.2. The van der Waals surface area contributed by atoms with Crippen LogP contribution in [-0.2, 0) is 27.3 Å². The van der Waals surface area contributed by atoms with E-state index >= 15 is 0 Å². The van der Waals surface area contributed by atoms with E-state index in [1.165, 1.54) is 0 Å². The van der Waals surface area contributed by atoms with E-state index in [9.17, 15) is 14.4 Å². The Bertz CT molecular complexity index is 1190. The van der Waals surface area contributed by atoms with Gasteiger partial charge in [0.25, 0.3) is 0 Å². The highest BCUT2D eigenvalue weighted by atomic mass is 35.5. The van der Waals surface area contributed by atoms with Gasteiger partial charge >= 0.3 is 5.97 Å². The molecule has 1 aromatic heterocycles. The number of halogens is 1. The topological polar surface area (TPSA) is 86.7 Å². The molecule has 178 valence electrons. The number of benzene rings is 2. The molecule has 0 spiro atoms. The van der Waals surface area contributed by atoms with Crippen LogP contribution in [0.4, 0.5) is 0 Å². The lowest BCUT2D eigenvalue weighted by atomic mass is 9.80. The summed E-state index contributed by atoms with van der Waals surface area (Å²) in [5.74, 6) is -1.04.